The molecule has 1 aromatic carbocycles. The van der Waals surface area contributed by atoms with Crippen LogP contribution in [-0.2, 0) is 11.2 Å². The summed E-state index contributed by atoms with van der Waals surface area (Å²) >= 11 is 0. The molecule has 2 rings (SSSR count). The second-order valence-electron chi connectivity index (χ2n) is 3.66. The van der Waals surface area contributed by atoms with Crippen molar-refractivity contribution in [2.24, 2.45) is 5.73 Å². The highest BCUT2D eigenvalue weighted by Gasteiger charge is 2.05. The second-order valence-corrected chi connectivity index (χ2v) is 3.66. The van der Waals surface area contributed by atoms with Crippen LogP contribution in [0.2, 0.25) is 0 Å². The topological polar surface area (TPSA) is 101 Å². The maximum absolute atomic E-state index is 11.5. The Kier molecular flexibility index (Phi) is 3.24. The minimum atomic E-state index is -0.496. The van der Waals surface area contributed by atoms with Crippen molar-refractivity contribution in [3.8, 4) is 0 Å². The van der Waals surface area contributed by atoms with Crippen LogP contribution in [-0.4, -0.2) is 24.0 Å². The third-order valence-electron chi connectivity index (χ3n) is 2.31. The van der Waals surface area contributed by atoms with Crippen molar-refractivity contribution in [2.45, 2.75) is 6.42 Å². The van der Waals surface area contributed by atoms with Gasteiger partial charge in [-0.1, -0.05) is 6.07 Å². The number of nitrogens with one attached hydrogen (secondary N) is 2. The molecule has 0 saturated heterocycles. The summed E-state index contributed by atoms with van der Waals surface area (Å²) in [5.74, 6) is -0.592. The van der Waals surface area contributed by atoms with Crippen LogP contribution in [0.25, 0.3) is 11.1 Å². The number of carbonyl (C=O) groups is 1. The van der Waals surface area contributed by atoms with Gasteiger partial charge in [0.2, 0.25) is 5.91 Å². The van der Waals surface area contributed by atoms with E-state index in [-0.39, 0.29) is 12.3 Å². The Hall–Kier alpha value is -2.08. The Morgan fingerprint density at radius 2 is 2.29 bits per heavy atom. The molecule has 90 valence electrons. The number of H-pyrrole nitrogens is 1. The first kappa shape index (κ1) is 11.4. The maximum Gasteiger partial charge on any atom is 0.417 e. The van der Waals surface area contributed by atoms with E-state index in [9.17, 15) is 9.59 Å². The average molecular weight is 235 g/mol. The highest BCUT2D eigenvalue weighted by atomic mass is 16.4. The number of oxazole rings is 1. The molecule has 1 heterocycles. The van der Waals surface area contributed by atoms with Crippen LogP contribution in [0, 0.1) is 0 Å². The summed E-state index contributed by atoms with van der Waals surface area (Å²) in [6, 6.07) is 5.14. The zero-order chi connectivity index (χ0) is 12.3. The van der Waals surface area contributed by atoms with E-state index < -0.39 is 5.76 Å². The van der Waals surface area contributed by atoms with Gasteiger partial charge in [0.1, 0.15) is 0 Å². The molecule has 6 nitrogen and oxygen atoms in total. The van der Waals surface area contributed by atoms with Gasteiger partial charge in [0.25, 0.3) is 0 Å². The molecule has 0 unspecified atom stereocenters. The largest absolute Gasteiger partial charge is 0.417 e. The molecular formula is C11H13N3O3. The third kappa shape index (κ3) is 2.73. The lowest BCUT2D eigenvalue weighted by molar-refractivity contribution is -0.120. The van der Waals surface area contributed by atoms with Gasteiger partial charge in [-0.05, 0) is 17.7 Å². The summed E-state index contributed by atoms with van der Waals surface area (Å²) in [6.07, 6.45) is 0.253. The normalized spacial score (nSPS) is 10.6. The summed E-state index contributed by atoms with van der Waals surface area (Å²) in [5, 5.41) is 2.67. The van der Waals surface area contributed by atoms with E-state index in [1.807, 2.05) is 0 Å². The molecule has 0 aliphatic heterocycles. The van der Waals surface area contributed by atoms with E-state index >= 15 is 0 Å². The van der Waals surface area contributed by atoms with E-state index in [2.05, 4.69) is 10.3 Å². The van der Waals surface area contributed by atoms with Crippen LogP contribution in [0.3, 0.4) is 0 Å². The monoisotopic (exact) mass is 235 g/mol. The van der Waals surface area contributed by atoms with Crippen molar-refractivity contribution in [3.05, 3.63) is 34.3 Å². The van der Waals surface area contributed by atoms with Crippen molar-refractivity contribution in [1.29, 1.82) is 0 Å². The van der Waals surface area contributed by atoms with Crippen molar-refractivity contribution in [1.82, 2.24) is 10.3 Å². The standard InChI is InChI=1S/C11H13N3O3/c12-3-4-13-10(15)6-7-1-2-9-8(5-7)14-11(16)17-9/h1-2,5H,3-4,6,12H2,(H,13,15)(H,14,16). The Balaban J connectivity index is 2.13. The predicted octanol–water partition coefficient (Wildman–Crippen LogP) is -0.261. The van der Waals surface area contributed by atoms with Gasteiger partial charge in [-0.25, -0.2) is 4.79 Å². The first-order valence-corrected chi connectivity index (χ1v) is 5.27. The number of nitrogens with two attached hydrogens (primary N) is 1. The molecule has 0 saturated carbocycles. The lowest BCUT2D eigenvalue weighted by Gasteiger charge is -2.03. The number of fused-ring (bicyclic) bond motifs is 1. The molecule has 0 fully saturated rings. The number of benzene rings is 1. The number of hydrogen-bond acceptors (Lipinski definition) is 4. The minimum absolute atomic E-state index is 0.0966. The van der Waals surface area contributed by atoms with E-state index in [0.717, 1.165) is 5.56 Å². The summed E-state index contributed by atoms with van der Waals surface area (Å²) in [5.41, 5.74) is 7.17. The Morgan fingerprint density at radius 1 is 1.47 bits per heavy atom. The average Bonchev–Trinajstić information content (AvgIpc) is 2.65. The van der Waals surface area contributed by atoms with Gasteiger partial charge < -0.3 is 15.5 Å². The molecule has 1 aromatic heterocycles. The molecule has 1 amide bonds. The van der Waals surface area contributed by atoms with E-state index in [0.29, 0.717) is 24.2 Å². The van der Waals surface area contributed by atoms with Crippen molar-refractivity contribution in [2.75, 3.05) is 13.1 Å². The summed E-state index contributed by atoms with van der Waals surface area (Å²) in [6.45, 7) is 0.878. The minimum Gasteiger partial charge on any atom is -0.408 e. The Morgan fingerprint density at radius 3 is 3.06 bits per heavy atom. The number of aromatic nitrogens is 1. The first-order valence-electron chi connectivity index (χ1n) is 5.27. The number of amides is 1. The van der Waals surface area contributed by atoms with Crippen LogP contribution in [0.1, 0.15) is 5.56 Å². The summed E-state index contributed by atoms with van der Waals surface area (Å²) < 4.78 is 4.86. The molecule has 0 aliphatic carbocycles. The summed E-state index contributed by atoms with van der Waals surface area (Å²) in [4.78, 5) is 24.9. The number of hydrogen-bond donors (Lipinski definition) is 3. The molecule has 4 N–H and O–H groups in total. The fourth-order valence-corrected chi connectivity index (χ4v) is 1.57. The molecule has 2 aromatic rings. The zero-order valence-electron chi connectivity index (χ0n) is 9.16. The number of rotatable bonds is 4. The van der Waals surface area contributed by atoms with Crippen molar-refractivity contribution in [3.63, 3.8) is 0 Å². The van der Waals surface area contributed by atoms with Gasteiger partial charge in [0.15, 0.2) is 5.58 Å². The van der Waals surface area contributed by atoms with E-state index in [4.69, 9.17) is 10.2 Å². The molecule has 0 bridgehead atoms. The molecule has 0 radical (unpaired) electrons. The highest BCUT2D eigenvalue weighted by Crippen LogP contribution is 2.12. The molecule has 6 heteroatoms. The fourth-order valence-electron chi connectivity index (χ4n) is 1.57. The first-order chi connectivity index (χ1) is 8.19. The van der Waals surface area contributed by atoms with Gasteiger partial charge in [0, 0.05) is 13.1 Å². The van der Waals surface area contributed by atoms with Crippen LogP contribution >= 0.6 is 0 Å². The maximum atomic E-state index is 11.5. The number of aromatic amines is 1. The highest BCUT2D eigenvalue weighted by molar-refractivity contribution is 5.80. The quantitative estimate of drug-likeness (QED) is 0.679. The van der Waals surface area contributed by atoms with Crippen LogP contribution in [0.4, 0.5) is 0 Å². The van der Waals surface area contributed by atoms with E-state index in [1.165, 1.54) is 0 Å². The van der Waals surface area contributed by atoms with Crippen molar-refractivity contribution < 1.29 is 9.21 Å². The Labute approximate surface area is 96.8 Å². The van der Waals surface area contributed by atoms with Crippen molar-refractivity contribution >= 4 is 17.0 Å². The molecule has 0 spiro atoms. The summed E-state index contributed by atoms with van der Waals surface area (Å²) in [7, 11) is 0. The van der Waals surface area contributed by atoms with Crippen LogP contribution in [0.15, 0.2) is 27.4 Å². The fraction of sp³-hybridized carbons (Fsp3) is 0.273. The lowest BCUT2D eigenvalue weighted by atomic mass is 10.1. The molecular weight excluding hydrogens is 222 g/mol. The molecule has 0 atom stereocenters. The second kappa shape index (κ2) is 4.84. The predicted molar refractivity (Wildman–Crippen MR) is 62.6 cm³/mol. The number of carbonyl (C=O) groups excluding carboxylic acids is 1. The smallest absolute Gasteiger partial charge is 0.408 e. The molecule has 17 heavy (non-hydrogen) atoms. The lowest BCUT2D eigenvalue weighted by Crippen LogP contribution is -2.30. The van der Waals surface area contributed by atoms with Gasteiger partial charge in [-0.3, -0.25) is 9.78 Å². The Bertz CT molecular complexity index is 585. The van der Waals surface area contributed by atoms with Gasteiger partial charge in [0.05, 0.1) is 11.9 Å². The van der Waals surface area contributed by atoms with Crippen LogP contribution in [0.5, 0.6) is 0 Å². The zero-order valence-corrected chi connectivity index (χ0v) is 9.16. The molecule has 0 aliphatic rings. The van der Waals surface area contributed by atoms with Gasteiger partial charge in [-0.2, -0.15) is 0 Å². The SMILES string of the molecule is NCCNC(=O)Cc1ccc2oc(=O)[nH]c2c1. The van der Waals surface area contributed by atoms with E-state index in [1.54, 1.807) is 18.2 Å². The third-order valence-corrected chi connectivity index (χ3v) is 2.31. The van der Waals surface area contributed by atoms with Crippen LogP contribution < -0.4 is 16.8 Å². The van der Waals surface area contributed by atoms with Gasteiger partial charge in [-0.15, -0.1) is 0 Å². The van der Waals surface area contributed by atoms with Gasteiger partial charge >= 0.3 is 5.76 Å².